The van der Waals surface area contributed by atoms with Gasteiger partial charge in [0.25, 0.3) is 0 Å². The third-order valence-electron chi connectivity index (χ3n) is 5.22. The zero-order chi connectivity index (χ0) is 14.5. The van der Waals surface area contributed by atoms with Crippen LogP contribution in [0.5, 0.6) is 0 Å². The van der Waals surface area contributed by atoms with Crippen molar-refractivity contribution in [1.29, 1.82) is 0 Å². The van der Waals surface area contributed by atoms with Gasteiger partial charge in [0, 0.05) is 10.5 Å². The Bertz CT molecular complexity index is 416. The number of rotatable bonds is 6. The quantitative estimate of drug-likeness (QED) is 0.684. The van der Waals surface area contributed by atoms with Gasteiger partial charge in [-0.15, -0.1) is 0 Å². The van der Waals surface area contributed by atoms with Crippen molar-refractivity contribution < 1.29 is 0 Å². The van der Waals surface area contributed by atoms with E-state index in [2.05, 4.69) is 45.5 Å². The lowest BCUT2D eigenvalue weighted by atomic mass is 9.82. The molecule has 1 unspecified atom stereocenters. The summed E-state index contributed by atoms with van der Waals surface area (Å²) in [6.45, 7) is 1.23. The topological polar surface area (TPSA) is 12.0 Å². The summed E-state index contributed by atoms with van der Waals surface area (Å²) in [7, 11) is 0. The number of nitrogens with one attached hydrogen (secondary N) is 1. The van der Waals surface area contributed by atoms with Crippen LogP contribution in [-0.4, -0.2) is 12.6 Å². The third kappa shape index (κ3) is 5.10. The van der Waals surface area contributed by atoms with Crippen LogP contribution in [0.1, 0.15) is 56.9 Å². The minimum absolute atomic E-state index is 0.824. The molecule has 2 aliphatic carbocycles. The van der Waals surface area contributed by atoms with E-state index >= 15 is 0 Å². The normalized spacial score (nSPS) is 22.0. The van der Waals surface area contributed by atoms with E-state index in [1.165, 1.54) is 74.4 Å². The lowest BCUT2D eigenvalue weighted by Gasteiger charge is -2.27. The van der Waals surface area contributed by atoms with Gasteiger partial charge in [-0.05, 0) is 55.3 Å². The van der Waals surface area contributed by atoms with Crippen LogP contribution in [-0.2, 0) is 6.42 Å². The maximum absolute atomic E-state index is 3.80. The number of hydrogen-bond acceptors (Lipinski definition) is 1. The standard InChI is InChI=1S/C19H28BrN/c20-18-9-7-15(8-10-18)13-17(14-21-19-11-12-19)16-5-3-1-2-4-6-16/h7-10,16-17,19,21H,1-6,11-14H2. The van der Waals surface area contributed by atoms with Gasteiger partial charge >= 0.3 is 0 Å². The van der Waals surface area contributed by atoms with Gasteiger partial charge in [-0.25, -0.2) is 0 Å². The maximum atomic E-state index is 3.80. The largest absolute Gasteiger partial charge is 0.314 e. The lowest BCUT2D eigenvalue weighted by molar-refractivity contribution is 0.284. The van der Waals surface area contributed by atoms with Crippen molar-refractivity contribution in [3.63, 3.8) is 0 Å². The van der Waals surface area contributed by atoms with Crippen LogP contribution in [0.25, 0.3) is 0 Å². The van der Waals surface area contributed by atoms with Crippen LogP contribution in [0.15, 0.2) is 28.7 Å². The van der Waals surface area contributed by atoms with E-state index in [0.717, 1.165) is 17.9 Å². The second-order valence-electron chi connectivity index (χ2n) is 7.02. The second-order valence-corrected chi connectivity index (χ2v) is 7.94. The van der Waals surface area contributed by atoms with Crippen LogP contribution in [0.3, 0.4) is 0 Å². The molecule has 0 spiro atoms. The van der Waals surface area contributed by atoms with E-state index in [4.69, 9.17) is 0 Å². The SMILES string of the molecule is Brc1ccc(CC(CNC2CC2)C2CCCCCC2)cc1. The minimum Gasteiger partial charge on any atom is -0.314 e. The monoisotopic (exact) mass is 349 g/mol. The molecule has 0 bridgehead atoms. The zero-order valence-electron chi connectivity index (χ0n) is 13.0. The van der Waals surface area contributed by atoms with Crippen LogP contribution < -0.4 is 5.32 Å². The molecule has 0 radical (unpaired) electrons. The van der Waals surface area contributed by atoms with E-state index in [1.54, 1.807) is 0 Å². The Balaban J connectivity index is 1.62. The Hall–Kier alpha value is -0.340. The fourth-order valence-electron chi connectivity index (χ4n) is 3.72. The summed E-state index contributed by atoms with van der Waals surface area (Å²) in [4.78, 5) is 0. The molecule has 2 aliphatic rings. The molecular weight excluding hydrogens is 322 g/mol. The number of hydrogen-bond donors (Lipinski definition) is 1. The van der Waals surface area contributed by atoms with Crippen molar-refractivity contribution in [3.05, 3.63) is 34.3 Å². The highest BCUT2D eigenvalue weighted by atomic mass is 79.9. The van der Waals surface area contributed by atoms with Crippen LogP contribution >= 0.6 is 15.9 Å². The fraction of sp³-hybridized carbons (Fsp3) is 0.684. The Labute approximate surface area is 138 Å². The van der Waals surface area contributed by atoms with Crippen LogP contribution in [0.2, 0.25) is 0 Å². The summed E-state index contributed by atoms with van der Waals surface area (Å²) < 4.78 is 1.19. The van der Waals surface area contributed by atoms with E-state index in [1.807, 2.05) is 0 Å². The van der Waals surface area contributed by atoms with Crippen molar-refractivity contribution in [2.45, 2.75) is 63.8 Å². The molecule has 3 rings (SSSR count). The average Bonchev–Trinajstić information content (AvgIpc) is 3.32. The Kier molecular flexibility index (Phi) is 5.76. The molecule has 1 nitrogen and oxygen atoms in total. The molecule has 0 saturated heterocycles. The average molecular weight is 350 g/mol. The van der Waals surface area contributed by atoms with Gasteiger partial charge in [0.05, 0.1) is 0 Å². The van der Waals surface area contributed by atoms with E-state index in [9.17, 15) is 0 Å². The molecule has 1 atom stereocenters. The molecule has 2 fully saturated rings. The van der Waals surface area contributed by atoms with Crippen molar-refractivity contribution in [2.24, 2.45) is 11.8 Å². The van der Waals surface area contributed by atoms with Crippen molar-refractivity contribution in [2.75, 3.05) is 6.54 Å². The highest BCUT2D eigenvalue weighted by Crippen LogP contribution is 2.32. The Morgan fingerprint density at radius 3 is 2.24 bits per heavy atom. The summed E-state index contributed by atoms with van der Waals surface area (Å²) in [5.74, 6) is 1.76. The molecular formula is C19H28BrN. The van der Waals surface area contributed by atoms with Crippen molar-refractivity contribution in [1.82, 2.24) is 5.32 Å². The molecule has 1 aromatic rings. The Morgan fingerprint density at radius 2 is 1.62 bits per heavy atom. The molecule has 0 amide bonds. The summed E-state index contributed by atoms with van der Waals surface area (Å²) in [6.07, 6.45) is 12.8. The summed E-state index contributed by atoms with van der Waals surface area (Å²) >= 11 is 3.54. The predicted molar refractivity (Wildman–Crippen MR) is 93.6 cm³/mol. The second kappa shape index (κ2) is 7.78. The molecule has 116 valence electrons. The molecule has 2 saturated carbocycles. The Morgan fingerprint density at radius 1 is 0.952 bits per heavy atom. The highest BCUT2D eigenvalue weighted by Gasteiger charge is 2.26. The third-order valence-corrected chi connectivity index (χ3v) is 5.75. The highest BCUT2D eigenvalue weighted by molar-refractivity contribution is 9.10. The fourth-order valence-corrected chi connectivity index (χ4v) is 3.98. The lowest BCUT2D eigenvalue weighted by Crippen LogP contribution is -2.31. The molecule has 0 aliphatic heterocycles. The van der Waals surface area contributed by atoms with Gasteiger partial charge in [0.2, 0.25) is 0 Å². The van der Waals surface area contributed by atoms with E-state index < -0.39 is 0 Å². The minimum atomic E-state index is 0.824. The van der Waals surface area contributed by atoms with Gasteiger partial charge in [0.1, 0.15) is 0 Å². The smallest absolute Gasteiger partial charge is 0.0175 e. The molecule has 1 N–H and O–H groups in total. The van der Waals surface area contributed by atoms with Gasteiger partial charge in [0.15, 0.2) is 0 Å². The first-order valence-corrected chi connectivity index (χ1v) is 9.58. The predicted octanol–water partition coefficient (Wildman–Crippen LogP) is 5.33. The molecule has 21 heavy (non-hydrogen) atoms. The van der Waals surface area contributed by atoms with Crippen molar-refractivity contribution in [3.8, 4) is 0 Å². The number of halogens is 1. The van der Waals surface area contributed by atoms with E-state index in [-0.39, 0.29) is 0 Å². The first-order valence-electron chi connectivity index (χ1n) is 8.79. The van der Waals surface area contributed by atoms with Crippen LogP contribution in [0, 0.1) is 11.8 Å². The molecule has 0 heterocycles. The maximum Gasteiger partial charge on any atom is 0.0175 e. The summed E-state index contributed by atoms with van der Waals surface area (Å²) in [5.41, 5.74) is 1.50. The molecule has 1 aromatic carbocycles. The summed E-state index contributed by atoms with van der Waals surface area (Å²) in [5, 5.41) is 3.80. The zero-order valence-corrected chi connectivity index (χ0v) is 14.6. The van der Waals surface area contributed by atoms with Gasteiger partial charge < -0.3 is 5.32 Å². The first-order chi connectivity index (χ1) is 10.3. The van der Waals surface area contributed by atoms with Gasteiger partial charge in [-0.3, -0.25) is 0 Å². The van der Waals surface area contributed by atoms with Crippen LogP contribution in [0.4, 0.5) is 0 Å². The molecule has 0 aromatic heterocycles. The van der Waals surface area contributed by atoms with Crippen molar-refractivity contribution >= 4 is 15.9 Å². The molecule has 2 heteroatoms. The van der Waals surface area contributed by atoms with Gasteiger partial charge in [-0.1, -0.05) is 66.6 Å². The summed E-state index contributed by atoms with van der Waals surface area (Å²) in [6, 6.07) is 9.81. The first kappa shape index (κ1) is 15.6. The number of benzene rings is 1. The van der Waals surface area contributed by atoms with E-state index in [0.29, 0.717) is 0 Å². The van der Waals surface area contributed by atoms with Gasteiger partial charge in [-0.2, -0.15) is 0 Å².